The number of ether oxygens (including phenoxy) is 2. The fourth-order valence-corrected chi connectivity index (χ4v) is 3.14. The Morgan fingerprint density at radius 2 is 1.90 bits per heavy atom. The molecule has 2 unspecified atom stereocenters. The quantitative estimate of drug-likeness (QED) is 0.919. The van der Waals surface area contributed by atoms with Crippen molar-refractivity contribution in [2.75, 3.05) is 6.54 Å². The topological polar surface area (TPSA) is 47.6 Å². The summed E-state index contributed by atoms with van der Waals surface area (Å²) in [7, 11) is 0. The van der Waals surface area contributed by atoms with E-state index in [2.05, 4.69) is 5.32 Å². The van der Waals surface area contributed by atoms with Crippen LogP contribution in [0.25, 0.3) is 0 Å². The van der Waals surface area contributed by atoms with Crippen molar-refractivity contribution in [2.45, 2.75) is 44.5 Å². The summed E-state index contributed by atoms with van der Waals surface area (Å²) in [5.74, 6) is 0.533. The van der Waals surface area contributed by atoms with Crippen LogP contribution in [0.1, 0.15) is 31.2 Å². The number of fused-ring (bicyclic) bond motifs is 2. The normalized spacial score (nSPS) is 28.1. The third-order valence-corrected chi connectivity index (χ3v) is 4.14. The zero-order valence-corrected chi connectivity index (χ0v) is 11.6. The first-order valence-corrected chi connectivity index (χ1v) is 7.39. The van der Waals surface area contributed by atoms with E-state index in [1.165, 1.54) is 12.8 Å². The third-order valence-electron chi connectivity index (χ3n) is 4.14. The van der Waals surface area contributed by atoms with Gasteiger partial charge in [-0.15, -0.1) is 0 Å². The molecule has 2 atom stereocenters. The van der Waals surface area contributed by atoms with Crippen LogP contribution in [0, 0.1) is 5.92 Å². The fourth-order valence-electron chi connectivity index (χ4n) is 3.14. The van der Waals surface area contributed by atoms with Crippen LogP contribution >= 0.6 is 0 Å². The number of hydrogen-bond donors (Lipinski definition) is 1. The molecule has 2 heterocycles. The second kappa shape index (κ2) is 6.27. The summed E-state index contributed by atoms with van der Waals surface area (Å²) in [4.78, 5) is 11.7. The Labute approximate surface area is 119 Å². The maximum atomic E-state index is 11.7. The van der Waals surface area contributed by atoms with E-state index in [0.717, 1.165) is 18.4 Å². The van der Waals surface area contributed by atoms with Gasteiger partial charge < -0.3 is 14.8 Å². The number of amides is 1. The van der Waals surface area contributed by atoms with Gasteiger partial charge in [0.25, 0.3) is 0 Å². The Bertz CT molecular complexity index is 436. The van der Waals surface area contributed by atoms with Crippen LogP contribution in [0.4, 0.5) is 4.79 Å². The summed E-state index contributed by atoms with van der Waals surface area (Å²) in [6.07, 6.45) is 5.00. The summed E-state index contributed by atoms with van der Waals surface area (Å²) in [5.41, 5.74) is 1.01. The molecule has 108 valence electrons. The maximum Gasteiger partial charge on any atom is 0.407 e. The second-order valence-corrected chi connectivity index (χ2v) is 5.74. The number of carbonyl (C=O) groups excluding carboxylic acids is 1. The molecule has 1 N–H and O–H groups in total. The van der Waals surface area contributed by atoms with Crippen molar-refractivity contribution >= 4 is 6.09 Å². The van der Waals surface area contributed by atoms with Crippen LogP contribution in [-0.2, 0) is 16.1 Å². The Morgan fingerprint density at radius 3 is 2.60 bits per heavy atom. The molecule has 2 fully saturated rings. The largest absolute Gasteiger partial charge is 0.445 e. The molecule has 4 nitrogen and oxygen atoms in total. The molecule has 1 aromatic carbocycles. The highest BCUT2D eigenvalue weighted by atomic mass is 16.5. The summed E-state index contributed by atoms with van der Waals surface area (Å²) < 4.78 is 11.0. The lowest BCUT2D eigenvalue weighted by atomic mass is 9.96. The minimum atomic E-state index is -0.326. The van der Waals surface area contributed by atoms with Gasteiger partial charge in [0.05, 0.1) is 12.2 Å². The van der Waals surface area contributed by atoms with Gasteiger partial charge in [-0.2, -0.15) is 0 Å². The zero-order valence-electron chi connectivity index (χ0n) is 11.6. The molecule has 0 radical (unpaired) electrons. The van der Waals surface area contributed by atoms with Crippen LogP contribution in [0.2, 0.25) is 0 Å². The average molecular weight is 275 g/mol. The highest BCUT2D eigenvalue weighted by Crippen LogP contribution is 2.35. The van der Waals surface area contributed by atoms with E-state index in [9.17, 15) is 4.79 Å². The van der Waals surface area contributed by atoms with Gasteiger partial charge in [-0.05, 0) is 37.2 Å². The van der Waals surface area contributed by atoms with E-state index < -0.39 is 0 Å². The summed E-state index contributed by atoms with van der Waals surface area (Å²) in [5, 5.41) is 2.87. The highest BCUT2D eigenvalue weighted by Gasteiger charge is 2.34. The molecule has 2 bridgehead atoms. The first kappa shape index (κ1) is 13.4. The van der Waals surface area contributed by atoms with Crippen LogP contribution < -0.4 is 5.32 Å². The molecule has 0 aliphatic carbocycles. The van der Waals surface area contributed by atoms with Crippen molar-refractivity contribution in [2.24, 2.45) is 5.92 Å². The van der Waals surface area contributed by atoms with E-state index >= 15 is 0 Å². The molecular weight excluding hydrogens is 254 g/mol. The van der Waals surface area contributed by atoms with Gasteiger partial charge in [0, 0.05) is 6.54 Å². The smallest absolute Gasteiger partial charge is 0.407 e. The van der Waals surface area contributed by atoms with Crippen LogP contribution in [0.15, 0.2) is 30.3 Å². The summed E-state index contributed by atoms with van der Waals surface area (Å²) in [6, 6.07) is 9.72. The molecule has 4 heteroatoms. The Hall–Kier alpha value is -1.55. The Morgan fingerprint density at radius 1 is 1.20 bits per heavy atom. The van der Waals surface area contributed by atoms with Crippen molar-refractivity contribution in [3.05, 3.63) is 35.9 Å². The molecule has 2 aliphatic rings. The van der Waals surface area contributed by atoms with Gasteiger partial charge in [0.15, 0.2) is 0 Å². The average Bonchev–Trinajstić information content (AvgIpc) is 2.83. The first-order chi connectivity index (χ1) is 9.79. The number of nitrogens with one attached hydrogen (secondary N) is 1. The predicted molar refractivity (Wildman–Crippen MR) is 75.2 cm³/mol. The minimum Gasteiger partial charge on any atom is -0.445 e. The van der Waals surface area contributed by atoms with E-state index in [4.69, 9.17) is 9.47 Å². The zero-order chi connectivity index (χ0) is 13.8. The molecular formula is C16H21NO3. The maximum absolute atomic E-state index is 11.7. The third kappa shape index (κ3) is 3.51. The van der Waals surface area contributed by atoms with Crippen LogP contribution in [0.3, 0.4) is 0 Å². The molecule has 2 aliphatic heterocycles. The molecule has 1 amide bonds. The SMILES string of the molecule is O=C(NCC1CC2CCC(C1)O2)OCc1ccccc1. The van der Waals surface area contributed by atoms with Gasteiger partial charge in [-0.3, -0.25) is 0 Å². The van der Waals surface area contributed by atoms with Gasteiger partial charge in [-0.25, -0.2) is 4.79 Å². The van der Waals surface area contributed by atoms with Crippen molar-refractivity contribution in [3.8, 4) is 0 Å². The van der Waals surface area contributed by atoms with Gasteiger partial charge in [0.2, 0.25) is 0 Å². The lowest BCUT2D eigenvalue weighted by Crippen LogP contribution is -2.35. The van der Waals surface area contributed by atoms with Crippen LogP contribution in [0.5, 0.6) is 0 Å². The van der Waals surface area contributed by atoms with Crippen molar-refractivity contribution in [1.82, 2.24) is 5.32 Å². The number of benzene rings is 1. The number of carbonyl (C=O) groups is 1. The molecule has 3 rings (SSSR count). The van der Waals surface area contributed by atoms with E-state index in [0.29, 0.717) is 31.3 Å². The van der Waals surface area contributed by atoms with Gasteiger partial charge in [0.1, 0.15) is 6.61 Å². The number of rotatable bonds is 4. The van der Waals surface area contributed by atoms with Crippen LogP contribution in [-0.4, -0.2) is 24.8 Å². The first-order valence-electron chi connectivity index (χ1n) is 7.39. The molecule has 0 saturated carbocycles. The predicted octanol–water partition coefficient (Wildman–Crippen LogP) is 2.87. The molecule has 20 heavy (non-hydrogen) atoms. The fraction of sp³-hybridized carbons (Fsp3) is 0.562. The summed E-state index contributed by atoms with van der Waals surface area (Å²) in [6.45, 7) is 1.02. The second-order valence-electron chi connectivity index (χ2n) is 5.74. The van der Waals surface area contributed by atoms with Crippen molar-refractivity contribution in [1.29, 1.82) is 0 Å². The van der Waals surface area contributed by atoms with Gasteiger partial charge >= 0.3 is 6.09 Å². The lowest BCUT2D eigenvalue weighted by molar-refractivity contribution is -0.0188. The number of alkyl carbamates (subject to hydrolysis) is 1. The lowest BCUT2D eigenvalue weighted by Gasteiger charge is -2.28. The Balaban J connectivity index is 1.37. The Kier molecular flexibility index (Phi) is 4.21. The van der Waals surface area contributed by atoms with Crippen molar-refractivity contribution in [3.63, 3.8) is 0 Å². The minimum absolute atomic E-state index is 0.325. The van der Waals surface area contributed by atoms with Gasteiger partial charge in [-0.1, -0.05) is 30.3 Å². The number of hydrogen-bond acceptors (Lipinski definition) is 3. The molecule has 0 aromatic heterocycles. The van der Waals surface area contributed by atoms with E-state index in [1.54, 1.807) is 0 Å². The standard InChI is InChI=1S/C16H21NO3/c18-16(19-11-12-4-2-1-3-5-12)17-10-13-8-14-6-7-15(9-13)20-14/h1-5,13-15H,6-11H2,(H,17,18). The van der Waals surface area contributed by atoms with E-state index in [-0.39, 0.29) is 6.09 Å². The summed E-state index contributed by atoms with van der Waals surface area (Å²) >= 11 is 0. The van der Waals surface area contributed by atoms with Crippen molar-refractivity contribution < 1.29 is 14.3 Å². The molecule has 2 saturated heterocycles. The molecule has 1 aromatic rings. The molecule has 0 spiro atoms. The van der Waals surface area contributed by atoms with E-state index in [1.807, 2.05) is 30.3 Å². The highest BCUT2D eigenvalue weighted by molar-refractivity contribution is 5.67. The monoisotopic (exact) mass is 275 g/mol.